The molecule has 3 rings (SSSR count). The summed E-state index contributed by atoms with van der Waals surface area (Å²) in [5.74, 6) is -0.240. The van der Waals surface area contributed by atoms with Crippen molar-refractivity contribution in [2.75, 3.05) is 19.5 Å². The van der Waals surface area contributed by atoms with E-state index >= 15 is 0 Å². The second-order valence-corrected chi connectivity index (χ2v) is 7.03. The zero-order chi connectivity index (χ0) is 19.4. The highest BCUT2D eigenvalue weighted by Gasteiger charge is 2.34. The van der Waals surface area contributed by atoms with E-state index < -0.39 is 5.25 Å². The van der Waals surface area contributed by atoms with Crippen molar-refractivity contribution in [2.45, 2.75) is 11.7 Å². The number of nitrogens with one attached hydrogen (secondary N) is 1. The number of methoxy groups -OCH3 is 1. The number of benzene rings is 2. The molecule has 1 fully saturated rings. The van der Waals surface area contributed by atoms with E-state index in [0.29, 0.717) is 22.3 Å². The topological polar surface area (TPSA) is 71.0 Å². The molecular weight excluding hydrogens is 369 g/mol. The Balaban J connectivity index is 1.76. The van der Waals surface area contributed by atoms with Crippen LogP contribution in [0, 0.1) is 5.82 Å². The summed E-state index contributed by atoms with van der Waals surface area (Å²) in [5.41, 5.74) is 1.09. The summed E-state index contributed by atoms with van der Waals surface area (Å²) in [5, 5.41) is 2.58. The third-order valence-corrected chi connectivity index (χ3v) is 5.19. The first-order chi connectivity index (χ1) is 13.0. The van der Waals surface area contributed by atoms with Crippen LogP contribution in [0.5, 0.6) is 5.75 Å². The molecule has 1 heterocycles. The van der Waals surface area contributed by atoms with Crippen molar-refractivity contribution >= 4 is 40.1 Å². The standard InChI is InChI=1S/C19H18FN3O3S/c1-23-17(24)11-16(18(25)21-14-4-3-5-15(10-14)26-2)27-19(23)22-13-8-6-12(20)7-9-13/h3-10,16H,11H2,1-2H3,(H,21,25). The first-order valence-electron chi connectivity index (χ1n) is 8.18. The number of halogens is 1. The molecule has 6 nitrogen and oxygen atoms in total. The minimum Gasteiger partial charge on any atom is -0.497 e. The quantitative estimate of drug-likeness (QED) is 0.873. The number of ether oxygens (including phenoxy) is 1. The molecule has 0 bridgehead atoms. The second kappa shape index (κ2) is 8.22. The predicted molar refractivity (Wildman–Crippen MR) is 104 cm³/mol. The van der Waals surface area contributed by atoms with Crippen LogP contribution in [0.2, 0.25) is 0 Å². The van der Waals surface area contributed by atoms with Crippen LogP contribution in [0.4, 0.5) is 15.8 Å². The van der Waals surface area contributed by atoms with Gasteiger partial charge in [0.2, 0.25) is 11.8 Å². The van der Waals surface area contributed by atoms with E-state index in [-0.39, 0.29) is 24.1 Å². The second-order valence-electron chi connectivity index (χ2n) is 5.86. The lowest BCUT2D eigenvalue weighted by Crippen LogP contribution is -2.43. The van der Waals surface area contributed by atoms with Gasteiger partial charge < -0.3 is 10.1 Å². The number of nitrogens with zero attached hydrogens (tertiary/aromatic N) is 2. The number of rotatable bonds is 4. The van der Waals surface area contributed by atoms with Crippen LogP contribution in [-0.2, 0) is 9.59 Å². The van der Waals surface area contributed by atoms with Gasteiger partial charge in [0, 0.05) is 25.2 Å². The van der Waals surface area contributed by atoms with Crippen molar-refractivity contribution in [3.63, 3.8) is 0 Å². The minimum atomic E-state index is -0.612. The van der Waals surface area contributed by atoms with E-state index in [1.807, 2.05) is 0 Å². The number of hydrogen-bond donors (Lipinski definition) is 1. The maximum atomic E-state index is 13.1. The lowest BCUT2D eigenvalue weighted by molar-refractivity contribution is -0.128. The number of aliphatic imine (C=N–C) groups is 1. The van der Waals surface area contributed by atoms with Gasteiger partial charge in [-0.2, -0.15) is 0 Å². The SMILES string of the molecule is COc1cccc(NC(=O)C2CC(=O)N(C)C(=Nc3ccc(F)cc3)S2)c1. The van der Waals surface area contributed by atoms with Crippen molar-refractivity contribution in [2.24, 2.45) is 4.99 Å². The van der Waals surface area contributed by atoms with Crippen molar-refractivity contribution in [1.82, 2.24) is 4.90 Å². The fourth-order valence-electron chi connectivity index (χ4n) is 2.45. The van der Waals surface area contributed by atoms with E-state index in [2.05, 4.69) is 10.3 Å². The summed E-state index contributed by atoms with van der Waals surface area (Å²) in [6.45, 7) is 0. The van der Waals surface area contributed by atoms with Crippen LogP contribution in [-0.4, -0.2) is 41.3 Å². The van der Waals surface area contributed by atoms with Crippen LogP contribution < -0.4 is 10.1 Å². The molecule has 2 aromatic carbocycles. The molecule has 1 aliphatic rings. The Morgan fingerprint density at radius 2 is 2.04 bits per heavy atom. The Morgan fingerprint density at radius 1 is 1.30 bits per heavy atom. The lowest BCUT2D eigenvalue weighted by atomic mass is 10.2. The average molecular weight is 387 g/mol. The molecule has 2 amide bonds. The Hall–Kier alpha value is -2.87. The summed E-state index contributed by atoms with van der Waals surface area (Å²) in [6, 6.07) is 12.6. The summed E-state index contributed by atoms with van der Waals surface area (Å²) in [7, 11) is 3.15. The molecule has 1 saturated heterocycles. The zero-order valence-electron chi connectivity index (χ0n) is 14.8. The molecule has 1 N–H and O–H groups in total. The summed E-state index contributed by atoms with van der Waals surface area (Å²) < 4.78 is 18.2. The summed E-state index contributed by atoms with van der Waals surface area (Å²) in [6.07, 6.45) is 0.0689. The molecule has 0 aliphatic carbocycles. The van der Waals surface area contributed by atoms with Gasteiger partial charge >= 0.3 is 0 Å². The van der Waals surface area contributed by atoms with Gasteiger partial charge in [-0.3, -0.25) is 14.5 Å². The molecule has 140 valence electrons. The molecule has 1 atom stereocenters. The van der Waals surface area contributed by atoms with Gasteiger partial charge in [-0.1, -0.05) is 17.8 Å². The Bertz CT molecular complexity index is 886. The van der Waals surface area contributed by atoms with Crippen LogP contribution in [0.25, 0.3) is 0 Å². The first kappa shape index (κ1) is 18.9. The van der Waals surface area contributed by atoms with Gasteiger partial charge in [-0.25, -0.2) is 9.38 Å². The number of amides is 2. The van der Waals surface area contributed by atoms with E-state index in [9.17, 15) is 14.0 Å². The summed E-state index contributed by atoms with van der Waals surface area (Å²) >= 11 is 1.20. The maximum absolute atomic E-state index is 13.1. The van der Waals surface area contributed by atoms with Gasteiger partial charge in [0.25, 0.3) is 0 Å². The molecule has 0 aromatic heterocycles. The highest BCUT2D eigenvalue weighted by atomic mass is 32.2. The van der Waals surface area contributed by atoms with Gasteiger partial charge in [0.1, 0.15) is 16.8 Å². The Kier molecular flexibility index (Phi) is 5.75. The zero-order valence-corrected chi connectivity index (χ0v) is 15.6. The molecule has 2 aromatic rings. The van der Waals surface area contributed by atoms with Crippen LogP contribution in [0.3, 0.4) is 0 Å². The third kappa shape index (κ3) is 4.65. The van der Waals surface area contributed by atoms with Crippen LogP contribution in [0.15, 0.2) is 53.5 Å². The van der Waals surface area contributed by atoms with Crippen molar-refractivity contribution in [1.29, 1.82) is 0 Å². The van der Waals surface area contributed by atoms with Gasteiger partial charge in [-0.05, 0) is 36.4 Å². The van der Waals surface area contributed by atoms with E-state index in [0.717, 1.165) is 0 Å². The fourth-order valence-corrected chi connectivity index (χ4v) is 3.51. The monoisotopic (exact) mass is 387 g/mol. The van der Waals surface area contributed by atoms with E-state index in [4.69, 9.17) is 4.74 Å². The molecular formula is C19H18FN3O3S. The lowest BCUT2D eigenvalue weighted by Gasteiger charge is -2.28. The largest absolute Gasteiger partial charge is 0.497 e. The number of carbonyl (C=O) groups is 2. The highest BCUT2D eigenvalue weighted by Crippen LogP contribution is 2.29. The molecule has 8 heteroatoms. The average Bonchev–Trinajstić information content (AvgIpc) is 2.67. The molecule has 27 heavy (non-hydrogen) atoms. The molecule has 1 aliphatic heterocycles. The van der Waals surface area contributed by atoms with E-state index in [1.165, 1.54) is 40.9 Å². The molecule has 0 radical (unpaired) electrons. The Labute approximate surface area is 160 Å². The number of hydrogen-bond acceptors (Lipinski definition) is 5. The fraction of sp³-hybridized carbons (Fsp3) is 0.211. The highest BCUT2D eigenvalue weighted by molar-refractivity contribution is 8.15. The summed E-state index contributed by atoms with van der Waals surface area (Å²) in [4.78, 5) is 30.7. The maximum Gasteiger partial charge on any atom is 0.238 e. The predicted octanol–water partition coefficient (Wildman–Crippen LogP) is 3.42. The Morgan fingerprint density at radius 3 is 2.74 bits per heavy atom. The number of thioether (sulfide) groups is 1. The van der Waals surface area contributed by atoms with Gasteiger partial charge in [-0.15, -0.1) is 0 Å². The molecule has 1 unspecified atom stereocenters. The van der Waals surface area contributed by atoms with Gasteiger partial charge in [0.15, 0.2) is 5.17 Å². The third-order valence-electron chi connectivity index (χ3n) is 3.95. The number of amidine groups is 1. The number of carbonyl (C=O) groups excluding carboxylic acids is 2. The molecule has 0 saturated carbocycles. The van der Waals surface area contributed by atoms with Crippen molar-refractivity contribution in [3.05, 3.63) is 54.3 Å². The van der Waals surface area contributed by atoms with Crippen molar-refractivity contribution in [3.8, 4) is 5.75 Å². The number of anilines is 1. The van der Waals surface area contributed by atoms with E-state index in [1.54, 1.807) is 38.4 Å². The minimum absolute atomic E-state index is 0.0689. The van der Waals surface area contributed by atoms with Crippen LogP contribution >= 0.6 is 11.8 Å². The normalized spacial score (nSPS) is 18.5. The molecule has 0 spiro atoms. The smallest absolute Gasteiger partial charge is 0.238 e. The van der Waals surface area contributed by atoms with Crippen LogP contribution in [0.1, 0.15) is 6.42 Å². The van der Waals surface area contributed by atoms with Crippen molar-refractivity contribution < 1.29 is 18.7 Å². The van der Waals surface area contributed by atoms with Gasteiger partial charge in [0.05, 0.1) is 12.8 Å². The first-order valence-corrected chi connectivity index (χ1v) is 9.06.